The molecule has 0 aliphatic carbocycles. The van der Waals surface area contributed by atoms with Crippen LogP contribution in [0.2, 0.25) is 5.15 Å². The summed E-state index contributed by atoms with van der Waals surface area (Å²) < 4.78 is 12.9. The van der Waals surface area contributed by atoms with Gasteiger partial charge in [0.05, 0.1) is 5.52 Å². The average molecular weight is 326 g/mol. The number of carbonyl (C=O) groups is 1. The van der Waals surface area contributed by atoms with Crippen molar-refractivity contribution in [1.82, 2.24) is 4.98 Å². The van der Waals surface area contributed by atoms with Gasteiger partial charge in [-0.2, -0.15) is 0 Å². The molecule has 1 heterocycles. The molecule has 1 aromatic heterocycles. The van der Waals surface area contributed by atoms with Crippen LogP contribution in [0.15, 0.2) is 54.6 Å². The summed E-state index contributed by atoms with van der Waals surface area (Å²) in [4.78, 5) is 16.4. The summed E-state index contributed by atoms with van der Waals surface area (Å²) in [5.41, 5.74) is 3.01. The van der Waals surface area contributed by atoms with Crippen molar-refractivity contribution >= 4 is 34.4 Å². The van der Waals surface area contributed by atoms with Crippen LogP contribution >= 0.6 is 11.6 Å². The van der Waals surface area contributed by atoms with Crippen molar-refractivity contribution in [3.8, 4) is 0 Å². The lowest BCUT2D eigenvalue weighted by Crippen LogP contribution is -1.94. The predicted molar refractivity (Wildman–Crippen MR) is 91.3 cm³/mol. The van der Waals surface area contributed by atoms with Crippen molar-refractivity contribution in [2.75, 3.05) is 0 Å². The highest BCUT2D eigenvalue weighted by atomic mass is 35.5. The first kappa shape index (κ1) is 15.4. The molecule has 4 heteroatoms. The van der Waals surface area contributed by atoms with Gasteiger partial charge in [0.1, 0.15) is 11.0 Å². The Morgan fingerprint density at radius 3 is 2.61 bits per heavy atom. The first-order valence-electron chi connectivity index (χ1n) is 7.08. The minimum absolute atomic E-state index is 0.218. The molecule has 0 amide bonds. The molecule has 23 heavy (non-hydrogen) atoms. The second-order valence-electron chi connectivity index (χ2n) is 5.27. The third-order valence-electron chi connectivity index (χ3n) is 3.50. The van der Waals surface area contributed by atoms with E-state index in [4.69, 9.17) is 11.6 Å². The Balaban J connectivity index is 1.91. The lowest BCUT2D eigenvalue weighted by molar-refractivity contribution is 0.104. The fourth-order valence-electron chi connectivity index (χ4n) is 2.26. The third kappa shape index (κ3) is 3.46. The van der Waals surface area contributed by atoms with E-state index >= 15 is 0 Å². The highest BCUT2D eigenvalue weighted by Crippen LogP contribution is 2.22. The zero-order valence-electron chi connectivity index (χ0n) is 12.4. The molecule has 0 radical (unpaired) electrons. The van der Waals surface area contributed by atoms with Crippen LogP contribution in [0, 0.1) is 12.7 Å². The zero-order valence-corrected chi connectivity index (χ0v) is 13.1. The highest BCUT2D eigenvalue weighted by Gasteiger charge is 2.05. The van der Waals surface area contributed by atoms with Gasteiger partial charge in [-0.3, -0.25) is 4.79 Å². The summed E-state index contributed by atoms with van der Waals surface area (Å²) >= 11 is 6.18. The number of aromatic nitrogens is 1. The van der Waals surface area contributed by atoms with Gasteiger partial charge < -0.3 is 0 Å². The smallest absolute Gasteiger partial charge is 0.185 e. The van der Waals surface area contributed by atoms with Gasteiger partial charge in [0.15, 0.2) is 5.78 Å². The Morgan fingerprint density at radius 1 is 1.13 bits per heavy atom. The number of aryl methyl sites for hydroxylation is 1. The second kappa shape index (κ2) is 6.31. The molecule has 114 valence electrons. The number of ketones is 1. The summed E-state index contributed by atoms with van der Waals surface area (Å²) in [6.07, 6.45) is 3.04. The van der Waals surface area contributed by atoms with Crippen molar-refractivity contribution in [2.24, 2.45) is 0 Å². The Bertz CT molecular complexity index is 917. The van der Waals surface area contributed by atoms with E-state index in [2.05, 4.69) is 4.98 Å². The standard InChI is InChI=1S/C19H13ClFNO/c1-12-2-3-14-11-15(19(20)22-17(14)10-12)6-9-18(23)13-4-7-16(21)8-5-13/h2-11H,1H3/b9-6+. The number of benzene rings is 2. The number of nitrogens with zero attached hydrogens (tertiary/aromatic N) is 1. The quantitative estimate of drug-likeness (QED) is 0.375. The van der Waals surface area contributed by atoms with Gasteiger partial charge in [-0.1, -0.05) is 23.7 Å². The molecule has 0 saturated carbocycles. The number of pyridine rings is 1. The van der Waals surface area contributed by atoms with Crippen LogP contribution in [-0.2, 0) is 0 Å². The Morgan fingerprint density at radius 2 is 1.87 bits per heavy atom. The summed E-state index contributed by atoms with van der Waals surface area (Å²) in [7, 11) is 0. The summed E-state index contributed by atoms with van der Waals surface area (Å²) in [5, 5.41) is 1.29. The maximum atomic E-state index is 12.9. The van der Waals surface area contributed by atoms with Gasteiger partial charge in [-0.15, -0.1) is 0 Å². The molecule has 0 atom stereocenters. The van der Waals surface area contributed by atoms with Gasteiger partial charge in [0.25, 0.3) is 0 Å². The molecule has 0 aliphatic rings. The number of rotatable bonds is 3. The van der Waals surface area contributed by atoms with Gasteiger partial charge in [-0.05, 0) is 61.0 Å². The number of hydrogen-bond donors (Lipinski definition) is 0. The molecule has 0 bridgehead atoms. The van der Waals surface area contributed by atoms with Crippen molar-refractivity contribution < 1.29 is 9.18 Å². The Hall–Kier alpha value is -2.52. The first-order valence-corrected chi connectivity index (χ1v) is 7.45. The maximum absolute atomic E-state index is 12.9. The van der Waals surface area contributed by atoms with Crippen molar-refractivity contribution in [1.29, 1.82) is 0 Å². The van der Waals surface area contributed by atoms with Gasteiger partial charge in [-0.25, -0.2) is 9.37 Å². The summed E-state index contributed by atoms with van der Waals surface area (Å²) in [6.45, 7) is 1.99. The minimum atomic E-state index is -0.373. The van der Waals surface area contributed by atoms with Crippen molar-refractivity contribution in [2.45, 2.75) is 6.92 Å². The molecule has 0 spiro atoms. The first-order chi connectivity index (χ1) is 11.0. The second-order valence-corrected chi connectivity index (χ2v) is 5.63. The molecule has 3 rings (SSSR count). The topological polar surface area (TPSA) is 30.0 Å². The van der Waals surface area contributed by atoms with E-state index < -0.39 is 0 Å². The van der Waals surface area contributed by atoms with Gasteiger partial charge >= 0.3 is 0 Å². The SMILES string of the molecule is Cc1ccc2cc(/C=C/C(=O)c3ccc(F)cc3)c(Cl)nc2c1. The molecule has 3 aromatic rings. The number of halogens is 2. The van der Waals surface area contributed by atoms with Crippen LogP contribution in [0.1, 0.15) is 21.5 Å². The molecule has 0 saturated heterocycles. The van der Waals surface area contributed by atoms with Gasteiger partial charge in [0, 0.05) is 16.5 Å². The van der Waals surface area contributed by atoms with Gasteiger partial charge in [0.2, 0.25) is 0 Å². The fourth-order valence-corrected chi connectivity index (χ4v) is 2.47. The average Bonchev–Trinajstić information content (AvgIpc) is 2.53. The normalized spacial score (nSPS) is 11.3. The van der Waals surface area contributed by atoms with Crippen molar-refractivity contribution in [3.63, 3.8) is 0 Å². The van der Waals surface area contributed by atoms with Crippen LogP contribution in [0.25, 0.3) is 17.0 Å². The monoisotopic (exact) mass is 325 g/mol. The Kier molecular flexibility index (Phi) is 4.22. The largest absolute Gasteiger partial charge is 0.289 e. The van der Waals surface area contributed by atoms with E-state index in [9.17, 15) is 9.18 Å². The molecule has 0 N–H and O–H groups in total. The van der Waals surface area contributed by atoms with E-state index in [1.54, 1.807) is 6.08 Å². The highest BCUT2D eigenvalue weighted by molar-refractivity contribution is 6.31. The molecule has 0 fully saturated rings. The molecule has 0 unspecified atom stereocenters. The lowest BCUT2D eigenvalue weighted by atomic mass is 10.1. The van der Waals surface area contributed by atoms with E-state index in [0.717, 1.165) is 16.5 Å². The zero-order chi connectivity index (χ0) is 16.4. The van der Waals surface area contributed by atoms with Crippen LogP contribution in [0.3, 0.4) is 0 Å². The Labute approximate surface area is 138 Å². The van der Waals surface area contributed by atoms with E-state index in [1.165, 1.54) is 30.3 Å². The molecule has 2 nitrogen and oxygen atoms in total. The van der Waals surface area contributed by atoms with Crippen LogP contribution in [-0.4, -0.2) is 10.8 Å². The van der Waals surface area contributed by atoms with Crippen LogP contribution in [0.5, 0.6) is 0 Å². The van der Waals surface area contributed by atoms with E-state index in [0.29, 0.717) is 16.3 Å². The van der Waals surface area contributed by atoms with E-state index in [1.807, 2.05) is 31.2 Å². The molecular weight excluding hydrogens is 313 g/mol. The number of carbonyl (C=O) groups excluding carboxylic acids is 1. The molecule has 0 aliphatic heterocycles. The van der Waals surface area contributed by atoms with Crippen LogP contribution < -0.4 is 0 Å². The van der Waals surface area contributed by atoms with Crippen molar-refractivity contribution in [3.05, 3.63) is 82.3 Å². The molecular formula is C19H13ClFNO. The number of fused-ring (bicyclic) bond motifs is 1. The maximum Gasteiger partial charge on any atom is 0.185 e. The number of hydrogen-bond acceptors (Lipinski definition) is 2. The predicted octanol–water partition coefficient (Wildman–Crippen LogP) is 5.23. The fraction of sp³-hybridized carbons (Fsp3) is 0.0526. The van der Waals surface area contributed by atoms with E-state index in [-0.39, 0.29) is 11.6 Å². The summed E-state index contributed by atoms with van der Waals surface area (Å²) in [5.74, 6) is -0.590. The molecule has 2 aromatic carbocycles. The minimum Gasteiger partial charge on any atom is -0.289 e. The number of allylic oxidation sites excluding steroid dienone is 1. The van der Waals surface area contributed by atoms with Crippen LogP contribution in [0.4, 0.5) is 4.39 Å². The lowest BCUT2D eigenvalue weighted by Gasteiger charge is -2.03. The third-order valence-corrected chi connectivity index (χ3v) is 3.80. The summed E-state index contributed by atoms with van der Waals surface area (Å²) in [6, 6.07) is 13.2.